The second kappa shape index (κ2) is 12.3. The van der Waals surface area contributed by atoms with Crippen LogP contribution in [-0.2, 0) is 4.79 Å². The maximum atomic E-state index is 12.9. The van der Waals surface area contributed by atoms with Crippen molar-refractivity contribution < 1.29 is 9.59 Å². The van der Waals surface area contributed by atoms with E-state index in [1.165, 1.54) is 0 Å². The molecule has 0 saturated carbocycles. The zero-order chi connectivity index (χ0) is 23.6. The normalized spacial score (nSPS) is 13.5. The molecule has 33 heavy (non-hydrogen) atoms. The first-order valence-electron chi connectivity index (χ1n) is 10.8. The van der Waals surface area contributed by atoms with E-state index in [1.807, 2.05) is 36.1 Å². The SMILES string of the molecule is CI.Cc1ccc(NC(=O)c2ccccc2NC(=O)C2CCN(c3ccncc3)CC2)nc1. The zero-order valence-electron chi connectivity index (χ0n) is 18.8. The third-order valence-corrected chi connectivity index (χ3v) is 5.48. The van der Waals surface area contributed by atoms with Crippen LogP contribution in [0.4, 0.5) is 17.2 Å². The number of piperidine rings is 1. The van der Waals surface area contributed by atoms with Crippen molar-refractivity contribution in [3.8, 4) is 0 Å². The van der Waals surface area contributed by atoms with Crippen molar-refractivity contribution in [2.24, 2.45) is 5.92 Å². The number of alkyl halides is 1. The topological polar surface area (TPSA) is 87.2 Å². The largest absolute Gasteiger partial charge is 0.371 e. The van der Waals surface area contributed by atoms with Gasteiger partial charge in [0.05, 0.1) is 11.3 Å². The van der Waals surface area contributed by atoms with Gasteiger partial charge < -0.3 is 15.5 Å². The number of benzene rings is 1. The van der Waals surface area contributed by atoms with Gasteiger partial charge in [0.25, 0.3) is 5.91 Å². The molecular formula is C25H28IN5O2. The van der Waals surface area contributed by atoms with Crippen molar-refractivity contribution >= 4 is 51.6 Å². The molecule has 3 aromatic rings. The van der Waals surface area contributed by atoms with Crippen LogP contribution in [0.25, 0.3) is 0 Å². The molecule has 0 unspecified atom stereocenters. The number of carbonyl (C=O) groups excluding carboxylic acids is 2. The van der Waals surface area contributed by atoms with Crippen LogP contribution >= 0.6 is 22.6 Å². The third kappa shape index (κ3) is 6.74. The molecule has 1 aliphatic rings. The Hall–Kier alpha value is -3.01. The molecule has 8 heteroatoms. The van der Waals surface area contributed by atoms with Gasteiger partial charge in [-0.25, -0.2) is 4.98 Å². The van der Waals surface area contributed by atoms with Gasteiger partial charge in [-0.05, 0) is 60.6 Å². The molecule has 1 aromatic carbocycles. The lowest BCUT2D eigenvalue weighted by molar-refractivity contribution is -0.120. The van der Waals surface area contributed by atoms with Gasteiger partial charge in [-0.3, -0.25) is 14.6 Å². The van der Waals surface area contributed by atoms with Crippen molar-refractivity contribution in [2.75, 3.05) is 33.6 Å². The fourth-order valence-electron chi connectivity index (χ4n) is 3.71. The molecule has 0 bridgehead atoms. The Morgan fingerprint density at radius 2 is 1.67 bits per heavy atom. The second-order valence-corrected chi connectivity index (χ2v) is 7.68. The number of rotatable bonds is 5. The minimum atomic E-state index is -0.306. The quantitative estimate of drug-likeness (QED) is 0.343. The summed E-state index contributed by atoms with van der Waals surface area (Å²) < 4.78 is 0. The van der Waals surface area contributed by atoms with E-state index < -0.39 is 0 Å². The van der Waals surface area contributed by atoms with Gasteiger partial charge in [0.15, 0.2) is 0 Å². The number of nitrogens with one attached hydrogen (secondary N) is 2. The molecule has 1 fully saturated rings. The fraction of sp³-hybridized carbons (Fsp3) is 0.280. The zero-order valence-corrected chi connectivity index (χ0v) is 21.0. The summed E-state index contributed by atoms with van der Waals surface area (Å²) in [5.41, 5.74) is 3.06. The summed E-state index contributed by atoms with van der Waals surface area (Å²) in [6.45, 7) is 3.55. The molecule has 0 spiro atoms. The Kier molecular flexibility index (Phi) is 9.17. The smallest absolute Gasteiger partial charge is 0.258 e. The molecule has 4 rings (SSSR count). The van der Waals surface area contributed by atoms with Crippen LogP contribution in [0.3, 0.4) is 0 Å². The summed E-state index contributed by atoms with van der Waals surface area (Å²) in [5.74, 6) is 0.0241. The summed E-state index contributed by atoms with van der Waals surface area (Å²) in [6, 6.07) is 14.6. The summed E-state index contributed by atoms with van der Waals surface area (Å²) >= 11 is 2.15. The van der Waals surface area contributed by atoms with Gasteiger partial charge in [0.1, 0.15) is 5.82 Å². The minimum Gasteiger partial charge on any atom is -0.371 e. The number of aromatic nitrogens is 2. The van der Waals surface area contributed by atoms with Crippen molar-refractivity contribution in [1.29, 1.82) is 0 Å². The molecule has 1 aliphatic heterocycles. The summed E-state index contributed by atoms with van der Waals surface area (Å²) in [4.78, 5) is 38.2. The highest BCUT2D eigenvalue weighted by Gasteiger charge is 2.26. The standard InChI is InChI=1S/C24H25N5O2.CH3I/c1-17-6-7-22(26-16-17)28-24(31)20-4-2-3-5-21(20)27-23(30)18-10-14-29(15-11-18)19-8-12-25-13-9-19;1-2/h2-9,12-13,16,18H,10-11,14-15H2,1H3,(H,27,30)(H,26,28,31);1H3. The number of hydrogen-bond donors (Lipinski definition) is 2. The molecule has 172 valence electrons. The van der Waals surface area contributed by atoms with Crippen molar-refractivity contribution in [3.05, 3.63) is 78.2 Å². The Morgan fingerprint density at radius 3 is 2.33 bits per heavy atom. The highest BCUT2D eigenvalue weighted by atomic mass is 127. The lowest BCUT2D eigenvalue weighted by Gasteiger charge is -2.33. The van der Waals surface area contributed by atoms with E-state index in [2.05, 4.69) is 48.1 Å². The molecule has 0 atom stereocenters. The number of para-hydroxylation sites is 1. The lowest BCUT2D eigenvalue weighted by atomic mass is 9.95. The number of anilines is 3. The highest BCUT2D eigenvalue weighted by molar-refractivity contribution is 14.1. The van der Waals surface area contributed by atoms with Crippen molar-refractivity contribution in [3.63, 3.8) is 0 Å². The number of pyridine rings is 2. The second-order valence-electron chi connectivity index (χ2n) is 7.68. The average molecular weight is 557 g/mol. The molecule has 7 nitrogen and oxygen atoms in total. The number of carbonyl (C=O) groups is 2. The fourth-order valence-corrected chi connectivity index (χ4v) is 3.71. The summed E-state index contributed by atoms with van der Waals surface area (Å²) in [6.07, 6.45) is 6.78. The molecule has 0 radical (unpaired) electrons. The minimum absolute atomic E-state index is 0.0527. The Balaban J connectivity index is 0.00000149. The van der Waals surface area contributed by atoms with Crippen molar-refractivity contribution in [2.45, 2.75) is 19.8 Å². The van der Waals surface area contributed by atoms with Crippen molar-refractivity contribution in [1.82, 2.24) is 9.97 Å². The predicted octanol–water partition coefficient (Wildman–Crippen LogP) is 4.94. The molecule has 0 aliphatic carbocycles. The number of halogens is 1. The molecule has 2 aromatic heterocycles. The van der Waals surface area contributed by atoms with E-state index in [-0.39, 0.29) is 17.7 Å². The Morgan fingerprint density at radius 1 is 0.970 bits per heavy atom. The maximum absolute atomic E-state index is 12.9. The van der Waals surface area contributed by atoms with Crippen LogP contribution in [0.2, 0.25) is 0 Å². The van der Waals surface area contributed by atoms with Gasteiger partial charge in [0, 0.05) is 43.3 Å². The molecule has 2 N–H and O–H groups in total. The van der Waals surface area contributed by atoms with E-state index >= 15 is 0 Å². The van der Waals surface area contributed by atoms with E-state index in [1.54, 1.807) is 42.9 Å². The summed E-state index contributed by atoms with van der Waals surface area (Å²) in [5, 5.41) is 5.75. The first-order valence-corrected chi connectivity index (χ1v) is 12.9. The van der Waals surface area contributed by atoms with Gasteiger partial charge in [-0.1, -0.05) is 40.8 Å². The molecule has 3 heterocycles. The lowest BCUT2D eigenvalue weighted by Crippen LogP contribution is -2.38. The molecule has 2 amide bonds. The van der Waals surface area contributed by atoms with Crippen LogP contribution < -0.4 is 15.5 Å². The first kappa shape index (κ1) is 24.6. The number of amides is 2. The van der Waals surface area contributed by atoms with Crippen LogP contribution in [-0.4, -0.2) is 39.8 Å². The highest BCUT2D eigenvalue weighted by Crippen LogP contribution is 2.25. The monoisotopic (exact) mass is 557 g/mol. The summed E-state index contributed by atoms with van der Waals surface area (Å²) in [7, 11) is 0. The van der Waals surface area contributed by atoms with Gasteiger partial charge in [0.2, 0.25) is 5.91 Å². The van der Waals surface area contributed by atoms with E-state index in [0.29, 0.717) is 17.1 Å². The van der Waals surface area contributed by atoms with E-state index in [9.17, 15) is 9.59 Å². The number of nitrogens with zero attached hydrogens (tertiary/aromatic N) is 3. The molecular weight excluding hydrogens is 529 g/mol. The predicted molar refractivity (Wildman–Crippen MR) is 141 cm³/mol. The Labute approximate surface area is 208 Å². The van der Waals surface area contributed by atoms with Gasteiger partial charge in [-0.2, -0.15) is 0 Å². The third-order valence-electron chi connectivity index (χ3n) is 5.48. The van der Waals surface area contributed by atoms with E-state index in [4.69, 9.17) is 0 Å². The van der Waals surface area contributed by atoms with Crippen LogP contribution in [0.1, 0.15) is 28.8 Å². The maximum Gasteiger partial charge on any atom is 0.258 e. The number of aryl methyl sites for hydroxylation is 1. The molecule has 1 saturated heterocycles. The average Bonchev–Trinajstić information content (AvgIpc) is 2.87. The van der Waals surface area contributed by atoms with Gasteiger partial charge >= 0.3 is 0 Å². The van der Waals surface area contributed by atoms with Crippen LogP contribution in [0, 0.1) is 12.8 Å². The van der Waals surface area contributed by atoms with Gasteiger partial charge in [-0.15, -0.1) is 0 Å². The first-order chi connectivity index (χ1) is 16.1. The van der Waals surface area contributed by atoms with Crippen LogP contribution in [0.15, 0.2) is 67.1 Å². The van der Waals surface area contributed by atoms with Crippen LogP contribution in [0.5, 0.6) is 0 Å². The Bertz CT molecular complexity index is 1050. The van der Waals surface area contributed by atoms with E-state index in [0.717, 1.165) is 37.2 Å². The number of hydrogen-bond acceptors (Lipinski definition) is 5.